The van der Waals surface area contributed by atoms with E-state index in [1.165, 1.54) is 44.9 Å². The maximum Gasteiger partial charge on any atom is 0.314 e. The number of aromatic nitrogens is 4. The van der Waals surface area contributed by atoms with Gasteiger partial charge < -0.3 is 10.6 Å². The van der Waals surface area contributed by atoms with E-state index in [2.05, 4.69) is 45.2 Å². The minimum Gasteiger partial charge on any atom is -0.341 e. The van der Waals surface area contributed by atoms with Crippen LogP contribution in [-0.4, -0.2) is 39.3 Å². The topological polar surface area (TPSA) is 87.6 Å². The number of rotatable bonds is 17. The number of urea groups is 1. The van der Waals surface area contributed by atoms with Crippen molar-refractivity contribution in [3.8, 4) is 0 Å². The maximum absolute atomic E-state index is 11.7. The standard InChI is InChI=1S/C21H40N6OS/c1-3-4-5-6-7-8-9-10-11-12-13-16-19(23-20(28)22-2)17-14-15-18-27-21(29)24-25-26-27/h10-11,19H,3-9,12-18H2,1-2H3,(H2,22,23,28)(H,24,26,29). The summed E-state index contributed by atoms with van der Waals surface area (Å²) in [6, 6.07) is 0.100. The molecule has 29 heavy (non-hydrogen) atoms. The Morgan fingerprint density at radius 1 is 1.07 bits per heavy atom. The minimum atomic E-state index is -0.103. The molecule has 0 spiro atoms. The molecule has 0 aliphatic heterocycles. The van der Waals surface area contributed by atoms with Crippen molar-refractivity contribution in [3.05, 3.63) is 16.9 Å². The smallest absolute Gasteiger partial charge is 0.314 e. The van der Waals surface area contributed by atoms with E-state index in [4.69, 9.17) is 12.2 Å². The second-order valence-electron chi connectivity index (χ2n) is 7.61. The number of nitrogens with zero attached hydrogens (tertiary/aromatic N) is 3. The predicted octanol–water partition coefficient (Wildman–Crippen LogP) is 5.28. The third kappa shape index (κ3) is 13.2. The Bertz CT molecular complexity index is 612. The number of aromatic amines is 1. The number of carbonyl (C=O) groups excluding carboxylic acids is 1. The van der Waals surface area contributed by atoms with Crippen molar-refractivity contribution >= 4 is 18.2 Å². The van der Waals surface area contributed by atoms with Gasteiger partial charge in [0.05, 0.1) is 0 Å². The van der Waals surface area contributed by atoms with Crippen molar-refractivity contribution in [2.45, 2.75) is 103 Å². The van der Waals surface area contributed by atoms with E-state index in [-0.39, 0.29) is 12.1 Å². The average Bonchev–Trinajstić information content (AvgIpc) is 3.13. The highest BCUT2D eigenvalue weighted by Crippen LogP contribution is 2.11. The predicted molar refractivity (Wildman–Crippen MR) is 121 cm³/mol. The van der Waals surface area contributed by atoms with E-state index in [9.17, 15) is 4.79 Å². The van der Waals surface area contributed by atoms with Gasteiger partial charge in [-0.25, -0.2) is 9.48 Å². The number of aryl methyl sites for hydroxylation is 1. The molecule has 0 aromatic carbocycles. The lowest BCUT2D eigenvalue weighted by Crippen LogP contribution is -2.40. The van der Waals surface area contributed by atoms with E-state index in [0.29, 0.717) is 4.77 Å². The van der Waals surface area contributed by atoms with Gasteiger partial charge in [-0.05, 0) is 63.6 Å². The molecule has 1 atom stereocenters. The van der Waals surface area contributed by atoms with Gasteiger partial charge in [-0.3, -0.25) is 0 Å². The molecule has 3 N–H and O–H groups in total. The quantitative estimate of drug-likeness (QED) is 0.180. The van der Waals surface area contributed by atoms with Crippen molar-refractivity contribution in [2.24, 2.45) is 0 Å². The molecule has 166 valence electrons. The van der Waals surface area contributed by atoms with Crippen LogP contribution in [0.2, 0.25) is 0 Å². The second kappa shape index (κ2) is 17.2. The molecule has 7 nitrogen and oxygen atoms in total. The first-order chi connectivity index (χ1) is 14.2. The van der Waals surface area contributed by atoms with Gasteiger partial charge in [0.15, 0.2) is 0 Å². The summed E-state index contributed by atoms with van der Waals surface area (Å²) in [7, 11) is 1.66. The average molecular weight is 425 g/mol. The van der Waals surface area contributed by atoms with Gasteiger partial charge in [-0.1, -0.05) is 61.5 Å². The highest BCUT2D eigenvalue weighted by atomic mass is 32.1. The van der Waals surface area contributed by atoms with Gasteiger partial charge in [0.25, 0.3) is 0 Å². The van der Waals surface area contributed by atoms with Crippen LogP contribution < -0.4 is 10.6 Å². The number of H-pyrrole nitrogens is 1. The van der Waals surface area contributed by atoms with Crippen molar-refractivity contribution < 1.29 is 4.79 Å². The molecule has 8 heteroatoms. The van der Waals surface area contributed by atoms with E-state index < -0.39 is 0 Å². The van der Waals surface area contributed by atoms with Crippen molar-refractivity contribution in [1.82, 2.24) is 30.8 Å². The third-order valence-electron chi connectivity index (χ3n) is 5.09. The largest absolute Gasteiger partial charge is 0.341 e. The van der Waals surface area contributed by atoms with Gasteiger partial charge in [0, 0.05) is 19.6 Å². The summed E-state index contributed by atoms with van der Waals surface area (Å²) in [4.78, 5) is 11.7. The number of hydrogen-bond donors (Lipinski definition) is 3. The SMILES string of the molecule is CCCCCCCCC=CCCCC(CCCCn1[nH]nnc1=S)NC(=O)NC. The molecule has 1 aromatic heterocycles. The molecule has 0 fully saturated rings. The van der Waals surface area contributed by atoms with Crippen molar-refractivity contribution in [3.63, 3.8) is 0 Å². The summed E-state index contributed by atoms with van der Waals surface area (Å²) in [6.45, 7) is 3.03. The van der Waals surface area contributed by atoms with Crippen LogP contribution in [0.5, 0.6) is 0 Å². The molecule has 0 radical (unpaired) electrons. The molecule has 0 bridgehead atoms. The molecule has 1 rings (SSSR count). The van der Waals surface area contributed by atoms with Gasteiger partial charge in [0.2, 0.25) is 4.77 Å². The Morgan fingerprint density at radius 3 is 2.45 bits per heavy atom. The molecule has 0 saturated carbocycles. The Hall–Kier alpha value is -1.70. The Balaban J connectivity index is 2.16. The Labute approximate surface area is 181 Å². The highest BCUT2D eigenvalue weighted by Gasteiger charge is 2.10. The second-order valence-corrected chi connectivity index (χ2v) is 7.97. The monoisotopic (exact) mass is 424 g/mol. The number of tetrazole rings is 1. The summed E-state index contributed by atoms with van der Waals surface area (Å²) < 4.78 is 2.25. The summed E-state index contributed by atoms with van der Waals surface area (Å²) >= 11 is 5.08. The lowest BCUT2D eigenvalue weighted by atomic mass is 10.0. The molecular formula is C21H40N6OS. The zero-order valence-electron chi connectivity index (χ0n) is 18.3. The van der Waals surface area contributed by atoms with E-state index >= 15 is 0 Å². The fraction of sp³-hybridized carbons (Fsp3) is 0.810. The van der Waals surface area contributed by atoms with Gasteiger partial charge in [-0.2, -0.15) is 5.21 Å². The molecule has 1 unspecified atom stereocenters. The zero-order valence-corrected chi connectivity index (χ0v) is 19.1. The summed E-state index contributed by atoms with van der Waals surface area (Å²) in [5.41, 5.74) is 0. The molecule has 1 heterocycles. The van der Waals surface area contributed by atoms with Gasteiger partial charge in [-0.15, -0.1) is 0 Å². The van der Waals surface area contributed by atoms with Gasteiger partial charge >= 0.3 is 6.03 Å². The summed E-state index contributed by atoms with van der Waals surface area (Å²) in [6.07, 6.45) is 20.0. The number of amides is 2. The van der Waals surface area contributed by atoms with Crippen LogP contribution in [0.25, 0.3) is 0 Å². The van der Waals surface area contributed by atoms with E-state index in [0.717, 1.165) is 45.1 Å². The Morgan fingerprint density at radius 2 is 1.76 bits per heavy atom. The lowest BCUT2D eigenvalue weighted by Gasteiger charge is -2.18. The molecule has 0 aliphatic carbocycles. The first kappa shape index (κ1) is 25.3. The van der Waals surface area contributed by atoms with Gasteiger partial charge in [0.1, 0.15) is 0 Å². The summed E-state index contributed by atoms with van der Waals surface area (Å²) in [5.74, 6) is 0. The molecular weight excluding hydrogens is 384 g/mol. The fourth-order valence-electron chi connectivity index (χ4n) is 3.33. The van der Waals surface area contributed by atoms with Crippen LogP contribution >= 0.6 is 12.2 Å². The number of allylic oxidation sites excluding steroid dienone is 2. The number of nitrogens with one attached hydrogen (secondary N) is 3. The van der Waals surface area contributed by atoms with Crippen LogP contribution in [-0.2, 0) is 6.54 Å². The number of unbranched alkanes of at least 4 members (excludes halogenated alkanes) is 8. The molecule has 0 aliphatic rings. The van der Waals surface area contributed by atoms with Crippen LogP contribution in [0.3, 0.4) is 0 Å². The third-order valence-corrected chi connectivity index (χ3v) is 5.39. The number of carbonyl (C=O) groups is 1. The minimum absolute atomic E-state index is 0.103. The molecule has 2 amide bonds. The van der Waals surface area contributed by atoms with Crippen LogP contribution in [0.4, 0.5) is 4.79 Å². The normalized spacial score (nSPS) is 12.3. The van der Waals surface area contributed by atoms with Crippen LogP contribution in [0.15, 0.2) is 12.2 Å². The van der Waals surface area contributed by atoms with Crippen molar-refractivity contribution in [1.29, 1.82) is 0 Å². The van der Waals surface area contributed by atoms with E-state index in [1.54, 1.807) is 11.7 Å². The zero-order chi connectivity index (χ0) is 21.2. The molecule has 0 saturated heterocycles. The molecule has 1 aromatic rings. The lowest BCUT2D eigenvalue weighted by molar-refractivity contribution is 0.236. The first-order valence-electron chi connectivity index (χ1n) is 11.3. The fourth-order valence-corrected chi connectivity index (χ4v) is 3.50. The van der Waals surface area contributed by atoms with E-state index in [1.807, 2.05) is 0 Å². The Kier molecular flexibility index (Phi) is 15.0. The summed E-state index contributed by atoms with van der Waals surface area (Å²) in [5, 5.41) is 16.0. The number of hydrogen-bond acceptors (Lipinski definition) is 4. The van der Waals surface area contributed by atoms with Crippen LogP contribution in [0.1, 0.15) is 90.4 Å². The highest BCUT2D eigenvalue weighted by molar-refractivity contribution is 7.71. The van der Waals surface area contributed by atoms with Crippen molar-refractivity contribution in [2.75, 3.05) is 7.05 Å². The first-order valence-corrected chi connectivity index (χ1v) is 11.7. The maximum atomic E-state index is 11.7. The van der Waals surface area contributed by atoms with Crippen LogP contribution in [0, 0.1) is 4.77 Å².